The van der Waals surface area contributed by atoms with Crippen molar-refractivity contribution in [2.75, 3.05) is 0 Å². The van der Waals surface area contributed by atoms with Crippen molar-refractivity contribution in [3.8, 4) is 5.75 Å². The third-order valence-electron chi connectivity index (χ3n) is 1.52. The Morgan fingerprint density at radius 2 is 2.13 bits per heavy atom. The van der Waals surface area contributed by atoms with E-state index in [0.717, 1.165) is 6.07 Å². The predicted octanol–water partition coefficient (Wildman–Crippen LogP) is 2.23. The first-order valence-electron chi connectivity index (χ1n) is 3.71. The third-order valence-corrected chi connectivity index (χ3v) is 2.04. The highest BCUT2D eigenvalue weighted by atomic mass is 127. The van der Waals surface area contributed by atoms with Gasteiger partial charge in [-0.15, -0.1) is 13.2 Å². The van der Waals surface area contributed by atoms with Gasteiger partial charge >= 0.3 is 6.36 Å². The Morgan fingerprint density at radius 3 is 2.80 bits per heavy atom. The molecule has 0 N–H and O–H groups in total. The maximum Gasteiger partial charge on any atom is 0.573 e. The molecule has 0 unspecified atom stereocenters. The molecule has 2 aromatic rings. The summed E-state index contributed by atoms with van der Waals surface area (Å²) < 4.78 is 41.6. The quantitative estimate of drug-likeness (QED) is 0.754. The Balaban J connectivity index is 2.51. The first kappa shape index (κ1) is 10.5. The lowest BCUT2D eigenvalue weighted by atomic mass is 10.5. The summed E-state index contributed by atoms with van der Waals surface area (Å²) in [5.41, 5.74) is 0.0409. The molecule has 2 rings (SSSR count). The fourth-order valence-electron chi connectivity index (χ4n) is 1.05. The van der Waals surface area contributed by atoms with Gasteiger partial charge in [-0.2, -0.15) is 5.10 Å². The lowest BCUT2D eigenvalue weighted by Gasteiger charge is -2.08. The van der Waals surface area contributed by atoms with Crippen molar-refractivity contribution < 1.29 is 17.9 Å². The van der Waals surface area contributed by atoms with E-state index >= 15 is 0 Å². The van der Waals surface area contributed by atoms with Crippen LogP contribution in [0, 0.1) is 3.70 Å². The van der Waals surface area contributed by atoms with E-state index in [1.165, 1.54) is 16.9 Å². The van der Waals surface area contributed by atoms with Gasteiger partial charge in [0.1, 0.15) is 3.70 Å². The monoisotopic (exact) mass is 329 g/mol. The van der Waals surface area contributed by atoms with Crippen LogP contribution < -0.4 is 4.74 Å². The number of fused-ring (bicyclic) bond motifs is 1. The number of rotatable bonds is 1. The molecule has 0 saturated heterocycles. The molecular formula is C7H3F3IN3O. The minimum absolute atomic E-state index is 0.0409. The molecule has 2 heterocycles. The molecule has 8 heteroatoms. The van der Waals surface area contributed by atoms with Crippen LogP contribution in [0.5, 0.6) is 5.75 Å². The Labute approximate surface area is 95.2 Å². The van der Waals surface area contributed by atoms with Gasteiger partial charge in [0.15, 0.2) is 11.4 Å². The van der Waals surface area contributed by atoms with E-state index in [-0.39, 0.29) is 11.4 Å². The third kappa shape index (κ3) is 2.30. The molecule has 15 heavy (non-hydrogen) atoms. The fourth-order valence-corrected chi connectivity index (χ4v) is 1.54. The molecule has 0 atom stereocenters. The minimum Gasteiger partial charge on any atom is -0.402 e. The Bertz CT molecular complexity index is 496. The second kappa shape index (κ2) is 3.51. The molecule has 0 aliphatic heterocycles. The lowest BCUT2D eigenvalue weighted by molar-refractivity contribution is -0.274. The van der Waals surface area contributed by atoms with Crippen molar-refractivity contribution in [1.29, 1.82) is 0 Å². The number of hydrogen-bond donors (Lipinski definition) is 0. The number of nitrogens with zero attached hydrogens (tertiary/aromatic N) is 3. The average molecular weight is 329 g/mol. The molecule has 0 aromatic carbocycles. The summed E-state index contributed by atoms with van der Waals surface area (Å²) in [5, 5.41) is 3.79. The van der Waals surface area contributed by atoms with E-state index in [2.05, 4.69) is 14.8 Å². The molecule has 0 bridgehead atoms. The number of hydrogen-bond acceptors (Lipinski definition) is 3. The van der Waals surface area contributed by atoms with Crippen LogP contribution in [-0.4, -0.2) is 21.0 Å². The van der Waals surface area contributed by atoms with Crippen LogP contribution in [0.1, 0.15) is 0 Å². The summed E-state index contributed by atoms with van der Waals surface area (Å²) in [4.78, 5) is 3.86. The van der Waals surface area contributed by atoms with Gasteiger partial charge in [-0.05, 0) is 22.6 Å². The first-order chi connectivity index (χ1) is 6.96. The lowest BCUT2D eigenvalue weighted by Crippen LogP contribution is -2.17. The van der Waals surface area contributed by atoms with Crippen LogP contribution in [0.15, 0.2) is 18.5 Å². The number of aromatic nitrogens is 3. The summed E-state index contributed by atoms with van der Waals surface area (Å²) in [6.07, 6.45) is -2.01. The van der Waals surface area contributed by atoms with Crippen molar-refractivity contribution in [3.63, 3.8) is 0 Å². The summed E-state index contributed by atoms with van der Waals surface area (Å²) in [6.45, 7) is 0. The maximum absolute atomic E-state index is 12.0. The van der Waals surface area contributed by atoms with Crippen molar-refractivity contribution >= 4 is 28.2 Å². The number of imidazole rings is 1. The van der Waals surface area contributed by atoms with Gasteiger partial charge in [-0.3, -0.25) is 0 Å². The average Bonchev–Trinajstić information content (AvgIpc) is 2.43. The predicted molar refractivity (Wildman–Crippen MR) is 52.4 cm³/mol. The highest BCUT2D eigenvalue weighted by Gasteiger charge is 2.32. The number of alkyl halides is 3. The zero-order chi connectivity index (χ0) is 11.1. The van der Waals surface area contributed by atoms with E-state index in [9.17, 15) is 13.2 Å². The zero-order valence-electron chi connectivity index (χ0n) is 6.99. The second-order valence-corrected chi connectivity index (χ2v) is 3.68. The molecular weight excluding hydrogens is 326 g/mol. The van der Waals surface area contributed by atoms with Crippen LogP contribution in [0.3, 0.4) is 0 Å². The second-order valence-electron chi connectivity index (χ2n) is 2.58. The van der Waals surface area contributed by atoms with Crippen molar-refractivity contribution in [3.05, 3.63) is 22.2 Å². The van der Waals surface area contributed by atoms with Gasteiger partial charge in [-0.25, -0.2) is 9.50 Å². The molecule has 0 spiro atoms. The molecule has 0 fully saturated rings. The molecule has 0 radical (unpaired) electrons. The minimum atomic E-state index is -4.72. The summed E-state index contributed by atoms with van der Waals surface area (Å²) in [5.74, 6) is -0.361. The van der Waals surface area contributed by atoms with Crippen LogP contribution >= 0.6 is 22.6 Å². The Hall–Kier alpha value is -1.06. The van der Waals surface area contributed by atoms with Gasteiger partial charge in [0.25, 0.3) is 0 Å². The molecule has 4 nitrogen and oxygen atoms in total. The van der Waals surface area contributed by atoms with Crippen LogP contribution in [0.25, 0.3) is 5.65 Å². The Kier molecular flexibility index (Phi) is 2.44. The van der Waals surface area contributed by atoms with Gasteiger partial charge in [0.05, 0.1) is 12.4 Å². The molecule has 0 saturated carbocycles. The highest BCUT2D eigenvalue weighted by Crippen LogP contribution is 2.25. The van der Waals surface area contributed by atoms with Gasteiger partial charge in [-0.1, -0.05) is 0 Å². The Morgan fingerprint density at radius 1 is 1.40 bits per heavy atom. The smallest absolute Gasteiger partial charge is 0.402 e. The first-order valence-corrected chi connectivity index (χ1v) is 4.79. The molecule has 80 valence electrons. The van der Waals surface area contributed by atoms with E-state index in [1.54, 1.807) is 0 Å². The van der Waals surface area contributed by atoms with Crippen molar-refractivity contribution in [1.82, 2.24) is 14.6 Å². The van der Waals surface area contributed by atoms with E-state index in [0.29, 0.717) is 3.70 Å². The maximum atomic E-state index is 12.0. The molecule has 2 aromatic heterocycles. The van der Waals surface area contributed by atoms with E-state index < -0.39 is 6.36 Å². The topological polar surface area (TPSA) is 39.4 Å². The number of ether oxygens (including phenoxy) is 1. The standard InChI is InChI=1S/C7H3F3IN3O/c8-7(9,10)15-4-1-2-12-14-3-5(11)13-6(4)14/h1-3H. The SMILES string of the molecule is FC(F)(F)Oc1ccnn2cc(I)nc12. The summed E-state index contributed by atoms with van der Waals surface area (Å²) >= 11 is 1.88. The normalized spacial score (nSPS) is 12.0. The van der Waals surface area contributed by atoms with E-state index in [4.69, 9.17) is 0 Å². The number of halogens is 4. The van der Waals surface area contributed by atoms with Gasteiger partial charge in [0, 0.05) is 6.07 Å². The van der Waals surface area contributed by atoms with Gasteiger partial charge < -0.3 is 4.74 Å². The highest BCUT2D eigenvalue weighted by molar-refractivity contribution is 14.1. The molecule has 0 aliphatic rings. The van der Waals surface area contributed by atoms with Crippen LogP contribution in [-0.2, 0) is 0 Å². The molecule has 0 amide bonds. The van der Waals surface area contributed by atoms with Gasteiger partial charge in [0.2, 0.25) is 0 Å². The summed E-state index contributed by atoms with van der Waals surface area (Å²) in [6, 6.07) is 1.12. The summed E-state index contributed by atoms with van der Waals surface area (Å²) in [7, 11) is 0. The molecule has 0 aliphatic carbocycles. The van der Waals surface area contributed by atoms with Crippen molar-refractivity contribution in [2.45, 2.75) is 6.36 Å². The largest absolute Gasteiger partial charge is 0.573 e. The van der Waals surface area contributed by atoms with E-state index in [1.807, 2.05) is 22.6 Å². The van der Waals surface area contributed by atoms with Crippen LogP contribution in [0.4, 0.5) is 13.2 Å². The van der Waals surface area contributed by atoms with Crippen LogP contribution in [0.2, 0.25) is 0 Å². The zero-order valence-corrected chi connectivity index (χ0v) is 9.15. The van der Waals surface area contributed by atoms with Crippen molar-refractivity contribution in [2.24, 2.45) is 0 Å². The fraction of sp³-hybridized carbons (Fsp3) is 0.143.